The average Bonchev–Trinajstić information content (AvgIpc) is 3.04. The van der Waals surface area contributed by atoms with E-state index in [9.17, 15) is 18.4 Å². The summed E-state index contributed by atoms with van der Waals surface area (Å²) in [4.78, 5) is 34.9. The number of aryl methyl sites for hydroxylation is 1. The molecular weight excluding hydrogens is 410 g/mol. The summed E-state index contributed by atoms with van der Waals surface area (Å²) < 4.78 is 29.6. The van der Waals surface area contributed by atoms with Gasteiger partial charge < -0.3 is 20.1 Å². The van der Waals surface area contributed by atoms with Crippen LogP contribution < -0.4 is 10.1 Å². The SMILES string of the molecule is Cc1cc(CN2Cc3c(ccnc3CC(=O)NCCCO)C2=O)cnc1OCC(F)F. The van der Waals surface area contributed by atoms with Gasteiger partial charge in [-0.3, -0.25) is 14.6 Å². The minimum absolute atomic E-state index is 0.00359. The molecule has 166 valence electrons. The minimum Gasteiger partial charge on any atom is -0.471 e. The van der Waals surface area contributed by atoms with Gasteiger partial charge in [-0.1, -0.05) is 0 Å². The third-order valence-electron chi connectivity index (χ3n) is 4.80. The van der Waals surface area contributed by atoms with Crippen molar-refractivity contribution in [1.82, 2.24) is 20.2 Å². The first kappa shape index (κ1) is 22.5. The lowest BCUT2D eigenvalue weighted by atomic mass is 10.1. The fraction of sp³-hybridized carbons (Fsp3) is 0.429. The van der Waals surface area contributed by atoms with E-state index in [1.807, 2.05) is 0 Å². The molecular formula is C21H24F2N4O4. The number of carbonyl (C=O) groups excluding carboxylic acids is 2. The third kappa shape index (κ3) is 5.72. The fourth-order valence-corrected chi connectivity index (χ4v) is 3.37. The highest BCUT2D eigenvalue weighted by Crippen LogP contribution is 2.27. The second kappa shape index (κ2) is 10.3. The molecule has 0 unspecified atom stereocenters. The molecule has 0 atom stereocenters. The highest BCUT2D eigenvalue weighted by Gasteiger charge is 2.30. The smallest absolute Gasteiger partial charge is 0.272 e. The van der Waals surface area contributed by atoms with Crippen LogP contribution in [-0.4, -0.2) is 58.0 Å². The third-order valence-corrected chi connectivity index (χ3v) is 4.80. The van der Waals surface area contributed by atoms with E-state index in [-0.39, 0.29) is 37.3 Å². The van der Waals surface area contributed by atoms with Crippen LogP contribution >= 0.6 is 0 Å². The van der Waals surface area contributed by atoms with Crippen LogP contribution in [0, 0.1) is 6.92 Å². The van der Waals surface area contributed by atoms with E-state index in [0.717, 1.165) is 5.56 Å². The highest BCUT2D eigenvalue weighted by molar-refractivity contribution is 5.98. The Labute approximate surface area is 178 Å². The van der Waals surface area contributed by atoms with Crippen LogP contribution in [0.2, 0.25) is 0 Å². The molecule has 3 heterocycles. The van der Waals surface area contributed by atoms with E-state index in [0.29, 0.717) is 41.9 Å². The van der Waals surface area contributed by atoms with Gasteiger partial charge >= 0.3 is 0 Å². The summed E-state index contributed by atoms with van der Waals surface area (Å²) in [5, 5.41) is 11.5. The number of hydrogen-bond acceptors (Lipinski definition) is 6. The zero-order chi connectivity index (χ0) is 22.4. The van der Waals surface area contributed by atoms with Crippen molar-refractivity contribution in [2.45, 2.75) is 39.3 Å². The molecule has 0 saturated heterocycles. The largest absolute Gasteiger partial charge is 0.471 e. The van der Waals surface area contributed by atoms with Crippen LogP contribution in [0.15, 0.2) is 24.5 Å². The van der Waals surface area contributed by atoms with Gasteiger partial charge in [0.1, 0.15) is 0 Å². The lowest BCUT2D eigenvalue weighted by Gasteiger charge is -2.16. The van der Waals surface area contributed by atoms with Crippen molar-refractivity contribution in [2.75, 3.05) is 19.8 Å². The molecule has 10 heteroatoms. The van der Waals surface area contributed by atoms with E-state index in [4.69, 9.17) is 9.84 Å². The Kier molecular flexibility index (Phi) is 7.45. The molecule has 1 aliphatic rings. The number of aliphatic hydroxyl groups is 1. The number of aromatic nitrogens is 2. The predicted octanol–water partition coefficient (Wildman–Crippen LogP) is 1.63. The Morgan fingerprint density at radius 1 is 1.39 bits per heavy atom. The summed E-state index contributed by atoms with van der Waals surface area (Å²) in [6.07, 6.45) is 0.945. The first-order valence-corrected chi connectivity index (χ1v) is 9.89. The van der Waals surface area contributed by atoms with Crippen LogP contribution in [-0.2, 0) is 24.3 Å². The molecule has 0 fully saturated rings. The molecule has 0 aliphatic carbocycles. The van der Waals surface area contributed by atoms with Gasteiger partial charge in [0.05, 0.1) is 12.1 Å². The Balaban J connectivity index is 1.67. The fourth-order valence-electron chi connectivity index (χ4n) is 3.37. The van der Waals surface area contributed by atoms with E-state index in [1.165, 1.54) is 12.4 Å². The van der Waals surface area contributed by atoms with E-state index in [1.54, 1.807) is 24.0 Å². The number of aliphatic hydroxyl groups excluding tert-OH is 1. The van der Waals surface area contributed by atoms with Gasteiger partial charge in [0.15, 0.2) is 6.61 Å². The number of fused-ring (bicyclic) bond motifs is 1. The monoisotopic (exact) mass is 434 g/mol. The Hall–Kier alpha value is -3.14. The molecule has 0 radical (unpaired) electrons. The molecule has 0 bridgehead atoms. The van der Waals surface area contributed by atoms with Crippen LogP contribution in [0.4, 0.5) is 8.78 Å². The highest BCUT2D eigenvalue weighted by atomic mass is 19.3. The number of carbonyl (C=O) groups is 2. The molecule has 1 aliphatic heterocycles. The number of nitrogens with zero attached hydrogens (tertiary/aromatic N) is 3. The number of rotatable bonds is 10. The maximum absolute atomic E-state index is 12.8. The van der Waals surface area contributed by atoms with Crippen LogP contribution in [0.1, 0.15) is 39.2 Å². The zero-order valence-electron chi connectivity index (χ0n) is 17.1. The lowest BCUT2D eigenvalue weighted by Crippen LogP contribution is -2.27. The predicted molar refractivity (Wildman–Crippen MR) is 107 cm³/mol. The van der Waals surface area contributed by atoms with Gasteiger partial charge in [0.25, 0.3) is 12.3 Å². The van der Waals surface area contributed by atoms with Crippen molar-refractivity contribution in [3.63, 3.8) is 0 Å². The van der Waals surface area contributed by atoms with Crippen molar-refractivity contribution >= 4 is 11.8 Å². The Bertz CT molecular complexity index is 955. The van der Waals surface area contributed by atoms with E-state index < -0.39 is 13.0 Å². The number of pyridine rings is 2. The molecule has 0 spiro atoms. The maximum Gasteiger partial charge on any atom is 0.272 e. The van der Waals surface area contributed by atoms with E-state index >= 15 is 0 Å². The molecule has 2 aromatic rings. The number of halogens is 2. The quantitative estimate of drug-likeness (QED) is 0.551. The summed E-state index contributed by atoms with van der Waals surface area (Å²) in [5.74, 6) is -0.256. The van der Waals surface area contributed by atoms with Crippen molar-refractivity contribution < 1.29 is 28.2 Å². The summed E-state index contributed by atoms with van der Waals surface area (Å²) in [6, 6.07) is 3.38. The van der Waals surface area contributed by atoms with Crippen molar-refractivity contribution in [3.8, 4) is 5.88 Å². The van der Waals surface area contributed by atoms with E-state index in [2.05, 4.69) is 15.3 Å². The molecule has 0 saturated carbocycles. The summed E-state index contributed by atoms with van der Waals surface area (Å²) in [5.41, 5.74) is 3.10. The molecule has 31 heavy (non-hydrogen) atoms. The van der Waals surface area contributed by atoms with Crippen molar-refractivity contribution in [1.29, 1.82) is 0 Å². The molecule has 2 N–H and O–H groups in total. The normalized spacial score (nSPS) is 12.9. The number of alkyl halides is 2. The lowest BCUT2D eigenvalue weighted by molar-refractivity contribution is -0.120. The van der Waals surface area contributed by atoms with Crippen LogP contribution in [0.3, 0.4) is 0 Å². The van der Waals surface area contributed by atoms with Gasteiger partial charge in [0, 0.05) is 55.3 Å². The van der Waals surface area contributed by atoms with Crippen molar-refractivity contribution in [2.24, 2.45) is 0 Å². The second-order valence-corrected chi connectivity index (χ2v) is 7.22. The Morgan fingerprint density at radius 3 is 2.90 bits per heavy atom. The maximum atomic E-state index is 12.8. The zero-order valence-corrected chi connectivity index (χ0v) is 17.1. The first-order chi connectivity index (χ1) is 14.9. The molecule has 3 rings (SSSR count). The number of amides is 2. The summed E-state index contributed by atoms with van der Waals surface area (Å²) in [7, 11) is 0. The van der Waals surface area contributed by atoms with Gasteiger partial charge in [-0.15, -0.1) is 0 Å². The van der Waals surface area contributed by atoms with Crippen LogP contribution in [0.5, 0.6) is 5.88 Å². The number of nitrogens with one attached hydrogen (secondary N) is 1. The van der Waals surface area contributed by atoms with Crippen molar-refractivity contribution in [3.05, 3.63) is 52.5 Å². The standard InChI is InChI=1S/C21H24F2N4O4/c1-13-7-14(9-26-20(13)31-12-18(22)23)10-27-11-16-15(21(27)30)3-5-24-17(16)8-19(29)25-4-2-6-28/h3,5,7,9,18,28H,2,4,6,8,10-12H2,1H3,(H,25,29). The molecule has 2 aromatic heterocycles. The molecule has 8 nitrogen and oxygen atoms in total. The summed E-state index contributed by atoms with van der Waals surface area (Å²) >= 11 is 0. The molecule has 0 aromatic carbocycles. The first-order valence-electron chi connectivity index (χ1n) is 9.89. The Morgan fingerprint density at radius 2 is 2.19 bits per heavy atom. The number of hydrogen-bond donors (Lipinski definition) is 2. The van der Waals surface area contributed by atoms with Gasteiger partial charge in [-0.25, -0.2) is 13.8 Å². The number of ether oxygens (including phenoxy) is 1. The average molecular weight is 434 g/mol. The molecule has 2 amide bonds. The van der Waals surface area contributed by atoms with Gasteiger partial charge in [0.2, 0.25) is 11.8 Å². The van der Waals surface area contributed by atoms with Crippen LogP contribution in [0.25, 0.3) is 0 Å². The second-order valence-electron chi connectivity index (χ2n) is 7.22. The van der Waals surface area contributed by atoms with Gasteiger partial charge in [-0.05, 0) is 31.0 Å². The minimum atomic E-state index is -2.58. The van der Waals surface area contributed by atoms with Gasteiger partial charge in [-0.2, -0.15) is 0 Å². The summed E-state index contributed by atoms with van der Waals surface area (Å²) in [6.45, 7) is 1.93. The topological polar surface area (TPSA) is 105 Å².